The van der Waals surface area contributed by atoms with E-state index in [1.54, 1.807) is 0 Å². The molecule has 2 unspecified atom stereocenters. The zero-order valence-electron chi connectivity index (χ0n) is 9.20. The second kappa shape index (κ2) is 3.80. The van der Waals surface area contributed by atoms with E-state index in [9.17, 15) is 5.11 Å². The maximum absolute atomic E-state index is 9.88. The van der Waals surface area contributed by atoms with Gasteiger partial charge in [0.2, 0.25) is 0 Å². The number of aliphatic hydroxyl groups is 1. The third-order valence-corrected chi connectivity index (χ3v) is 3.57. The minimum absolute atomic E-state index is 0.0530. The molecule has 2 aliphatic heterocycles. The van der Waals surface area contributed by atoms with Crippen molar-refractivity contribution in [3.05, 3.63) is 0 Å². The molecule has 2 saturated heterocycles. The van der Waals surface area contributed by atoms with Crippen LogP contribution in [0.1, 0.15) is 26.7 Å². The fourth-order valence-corrected chi connectivity index (χ4v) is 2.45. The van der Waals surface area contributed by atoms with Gasteiger partial charge < -0.3 is 9.84 Å². The monoisotopic (exact) mass is 199 g/mol. The summed E-state index contributed by atoms with van der Waals surface area (Å²) in [5, 5.41) is 9.88. The number of hydrogen-bond donors (Lipinski definition) is 1. The van der Waals surface area contributed by atoms with E-state index in [0.717, 1.165) is 32.7 Å². The molecule has 0 bridgehead atoms. The molecule has 2 heterocycles. The first-order valence-corrected chi connectivity index (χ1v) is 5.59. The van der Waals surface area contributed by atoms with Gasteiger partial charge in [-0.2, -0.15) is 0 Å². The summed E-state index contributed by atoms with van der Waals surface area (Å²) in [6, 6.07) is 0.542. The third-order valence-electron chi connectivity index (χ3n) is 3.57. The van der Waals surface area contributed by atoms with Crippen LogP contribution in [-0.4, -0.2) is 48.5 Å². The quantitative estimate of drug-likeness (QED) is 0.680. The first kappa shape index (κ1) is 10.4. The van der Waals surface area contributed by atoms with Gasteiger partial charge in [-0.3, -0.25) is 4.90 Å². The van der Waals surface area contributed by atoms with Crippen LogP contribution >= 0.6 is 0 Å². The molecule has 2 aliphatic rings. The zero-order valence-corrected chi connectivity index (χ0v) is 9.20. The van der Waals surface area contributed by atoms with Crippen LogP contribution in [0.5, 0.6) is 0 Å². The lowest BCUT2D eigenvalue weighted by molar-refractivity contribution is 0.0220. The molecular weight excluding hydrogens is 178 g/mol. The average molecular weight is 199 g/mol. The molecule has 2 rings (SSSR count). The summed E-state index contributed by atoms with van der Waals surface area (Å²) >= 11 is 0. The summed E-state index contributed by atoms with van der Waals surface area (Å²) in [7, 11) is 0. The molecular formula is C11H21NO2. The van der Waals surface area contributed by atoms with Gasteiger partial charge in [0.05, 0.1) is 12.7 Å². The van der Waals surface area contributed by atoms with Gasteiger partial charge in [0, 0.05) is 31.2 Å². The maximum atomic E-state index is 9.88. The fourth-order valence-electron chi connectivity index (χ4n) is 2.45. The van der Waals surface area contributed by atoms with Crippen molar-refractivity contribution in [2.24, 2.45) is 5.41 Å². The SMILES string of the molecule is CC1(C)CN(C2CCCOC2)CC1O. The van der Waals surface area contributed by atoms with Crippen molar-refractivity contribution in [3.8, 4) is 0 Å². The largest absolute Gasteiger partial charge is 0.391 e. The topological polar surface area (TPSA) is 32.7 Å². The standard InChI is InChI=1S/C11H21NO2/c1-11(2)8-12(6-10(11)13)9-4-3-5-14-7-9/h9-10,13H,3-8H2,1-2H3. The van der Waals surface area contributed by atoms with Crippen LogP contribution < -0.4 is 0 Å². The van der Waals surface area contributed by atoms with Crippen LogP contribution in [0.25, 0.3) is 0 Å². The summed E-state index contributed by atoms with van der Waals surface area (Å²) in [6.45, 7) is 7.87. The van der Waals surface area contributed by atoms with Crippen molar-refractivity contribution >= 4 is 0 Å². The van der Waals surface area contributed by atoms with Gasteiger partial charge >= 0.3 is 0 Å². The Hall–Kier alpha value is -0.120. The molecule has 1 N–H and O–H groups in total. The third kappa shape index (κ3) is 1.95. The smallest absolute Gasteiger partial charge is 0.0730 e. The van der Waals surface area contributed by atoms with Gasteiger partial charge in [-0.15, -0.1) is 0 Å². The molecule has 0 amide bonds. The second-order valence-electron chi connectivity index (χ2n) is 5.30. The number of hydrogen-bond acceptors (Lipinski definition) is 3. The summed E-state index contributed by atoms with van der Waals surface area (Å²) in [5.41, 5.74) is 0.0530. The summed E-state index contributed by atoms with van der Waals surface area (Å²) in [6.07, 6.45) is 2.21. The van der Waals surface area contributed by atoms with Crippen LogP contribution in [0, 0.1) is 5.41 Å². The summed E-state index contributed by atoms with van der Waals surface area (Å²) in [5.74, 6) is 0. The molecule has 3 heteroatoms. The average Bonchev–Trinajstić information content (AvgIpc) is 2.43. The normalized spacial score (nSPS) is 38.8. The Labute approximate surface area is 86.0 Å². The van der Waals surface area contributed by atoms with Gasteiger partial charge in [0.1, 0.15) is 0 Å². The molecule has 82 valence electrons. The van der Waals surface area contributed by atoms with Crippen molar-refractivity contribution in [3.63, 3.8) is 0 Å². The van der Waals surface area contributed by atoms with E-state index in [2.05, 4.69) is 18.7 Å². The molecule has 2 fully saturated rings. The van der Waals surface area contributed by atoms with Gasteiger partial charge in [0.15, 0.2) is 0 Å². The maximum Gasteiger partial charge on any atom is 0.0730 e. The molecule has 0 spiro atoms. The molecule has 0 aromatic rings. The summed E-state index contributed by atoms with van der Waals surface area (Å²) in [4.78, 5) is 2.39. The fraction of sp³-hybridized carbons (Fsp3) is 1.00. The van der Waals surface area contributed by atoms with Crippen molar-refractivity contribution in [2.45, 2.75) is 38.8 Å². The minimum atomic E-state index is -0.176. The Morgan fingerprint density at radius 2 is 2.21 bits per heavy atom. The number of ether oxygens (including phenoxy) is 1. The van der Waals surface area contributed by atoms with Gasteiger partial charge in [-0.25, -0.2) is 0 Å². The Balaban J connectivity index is 1.93. The Bertz CT molecular complexity index is 199. The van der Waals surface area contributed by atoms with E-state index in [-0.39, 0.29) is 11.5 Å². The molecule has 3 nitrogen and oxygen atoms in total. The van der Waals surface area contributed by atoms with Crippen LogP contribution in [-0.2, 0) is 4.74 Å². The molecule has 14 heavy (non-hydrogen) atoms. The predicted molar refractivity (Wildman–Crippen MR) is 55.2 cm³/mol. The van der Waals surface area contributed by atoms with Crippen LogP contribution in [0.4, 0.5) is 0 Å². The lowest BCUT2D eigenvalue weighted by atomic mass is 9.90. The predicted octanol–water partition coefficient (Wildman–Crippen LogP) is 0.868. The van der Waals surface area contributed by atoms with E-state index in [4.69, 9.17) is 4.74 Å². The molecule has 0 radical (unpaired) electrons. The van der Waals surface area contributed by atoms with E-state index in [1.807, 2.05) is 0 Å². The van der Waals surface area contributed by atoms with Crippen LogP contribution in [0.2, 0.25) is 0 Å². The van der Waals surface area contributed by atoms with E-state index < -0.39 is 0 Å². The number of aliphatic hydroxyl groups excluding tert-OH is 1. The Morgan fingerprint density at radius 3 is 2.71 bits per heavy atom. The number of rotatable bonds is 1. The van der Waals surface area contributed by atoms with Crippen LogP contribution in [0.3, 0.4) is 0 Å². The highest BCUT2D eigenvalue weighted by Crippen LogP contribution is 2.32. The Kier molecular flexibility index (Phi) is 2.82. The van der Waals surface area contributed by atoms with Gasteiger partial charge in [-0.1, -0.05) is 13.8 Å². The molecule has 0 saturated carbocycles. The van der Waals surface area contributed by atoms with Crippen molar-refractivity contribution < 1.29 is 9.84 Å². The van der Waals surface area contributed by atoms with Crippen molar-refractivity contribution in [1.82, 2.24) is 4.90 Å². The number of nitrogens with zero attached hydrogens (tertiary/aromatic N) is 1. The van der Waals surface area contributed by atoms with Crippen LogP contribution in [0.15, 0.2) is 0 Å². The van der Waals surface area contributed by atoms with Crippen molar-refractivity contribution in [2.75, 3.05) is 26.3 Å². The van der Waals surface area contributed by atoms with Crippen molar-refractivity contribution in [1.29, 1.82) is 0 Å². The zero-order chi connectivity index (χ0) is 10.2. The number of likely N-dealkylation sites (tertiary alicyclic amines) is 1. The molecule has 0 aromatic carbocycles. The number of β-amino-alcohol motifs (C(OH)–C–C–N with tert-alkyl or cyclic N) is 1. The van der Waals surface area contributed by atoms with Gasteiger partial charge in [-0.05, 0) is 12.8 Å². The van der Waals surface area contributed by atoms with E-state index >= 15 is 0 Å². The molecule has 2 atom stereocenters. The highest BCUT2D eigenvalue weighted by atomic mass is 16.5. The van der Waals surface area contributed by atoms with Gasteiger partial charge in [0.25, 0.3) is 0 Å². The highest BCUT2D eigenvalue weighted by Gasteiger charge is 2.40. The molecule has 0 aromatic heterocycles. The lowest BCUT2D eigenvalue weighted by Gasteiger charge is -2.31. The lowest BCUT2D eigenvalue weighted by Crippen LogP contribution is -2.40. The second-order valence-corrected chi connectivity index (χ2v) is 5.30. The minimum Gasteiger partial charge on any atom is -0.391 e. The van der Waals surface area contributed by atoms with E-state index in [1.165, 1.54) is 6.42 Å². The summed E-state index contributed by atoms with van der Waals surface area (Å²) < 4.78 is 5.47. The van der Waals surface area contributed by atoms with E-state index in [0.29, 0.717) is 6.04 Å². The Morgan fingerprint density at radius 1 is 1.43 bits per heavy atom. The first-order chi connectivity index (χ1) is 6.59. The molecule has 0 aliphatic carbocycles. The highest BCUT2D eigenvalue weighted by molar-refractivity contribution is 4.93. The first-order valence-electron chi connectivity index (χ1n) is 5.59.